The van der Waals surface area contributed by atoms with Gasteiger partial charge in [-0.05, 0) is 19.3 Å². The molecule has 15 heavy (non-hydrogen) atoms. The molecule has 0 unspecified atom stereocenters. The van der Waals surface area contributed by atoms with Gasteiger partial charge >= 0.3 is 11.9 Å². The van der Waals surface area contributed by atoms with E-state index in [0.717, 1.165) is 11.8 Å². The number of carbonyl (C=O) groups excluding carboxylic acids is 2. The monoisotopic (exact) mass is 232 g/mol. The Morgan fingerprint density at radius 3 is 2.40 bits per heavy atom. The molecule has 0 aliphatic heterocycles. The number of rotatable bonds is 6. The van der Waals surface area contributed by atoms with Gasteiger partial charge in [0.1, 0.15) is 5.57 Å². The summed E-state index contributed by atoms with van der Waals surface area (Å²) in [6.07, 6.45) is 0. The fourth-order valence-corrected chi connectivity index (χ4v) is 1.33. The summed E-state index contributed by atoms with van der Waals surface area (Å²) in [6, 6.07) is 0. The Morgan fingerprint density at radius 2 is 2.00 bits per heavy atom. The third kappa shape index (κ3) is 5.90. The van der Waals surface area contributed by atoms with E-state index < -0.39 is 17.7 Å². The van der Waals surface area contributed by atoms with Gasteiger partial charge in [-0.25, -0.2) is 4.79 Å². The first-order chi connectivity index (χ1) is 6.99. The van der Waals surface area contributed by atoms with Gasteiger partial charge in [-0.2, -0.15) is 0 Å². The van der Waals surface area contributed by atoms with E-state index in [0.29, 0.717) is 0 Å². The maximum atomic E-state index is 11.2. The van der Waals surface area contributed by atoms with Crippen LogP contribution in [0, 0.1) is 0 Å². The van der Waals surface area contributed by atoms with Gasteiger partial charge in [0.2, 0.25) is 0 Å². The number of carboxylic acid groups (broad SMARTS) is 1. The van der Waals surface area contributed by atoms with E-state index in [9.17, 15) is 14.4 Å². The first-order valence-electron chi connectivity index (χ1n) is 4.20. The van der Waals surface area contributed by atoms with Crippen LogP contribution in [0.4, 0.5) is 0 Å². The largest absolute Gasteiger partial charge is 0.481 e. The number of esters is 1. The highest BCUT2D eigenvalue weighted by molar-refractivity contribution is 8.02. The molecule has 0 radical (unpaired) electrons. The second-order valence-electron chi connectivity index (χ2n) is 2.51. The average molecular weight is 232 g/mol. The van der Waals surface area contributed by atoms with Crippen molar-refractivity contribution in [2.75, 3.05) is 12.4 Å². The van der Waals surface area contributed by atoms with Gasteiger partial charge in [-0.15, -0.1) is 11.8 Å². The van der Waals surface area contributed by atoms with Gasteiger partial charge in [0.05, 0.1) is 12.4 Å². The Kier molecular flexibility index (Phi) is 6.44. The van der Waals surface area contributed by atoms with Crippen molar-refractivity contribution < 1.29 is 24.2 Å². The van der Waals surface area contributed by atoms with E-state index in [2.05, 4.69) is 4.74 Å². The van der Waals surface area contributed by atoms with Gasteiger partial charge in [0, 0.05) is 0 Å². The molecule has 0 aromatic carbocycles. The van der Waals surface area contributed by atoms with Crippen molar-refractivity contribution in [2.24, 2.45) is 0 Å². The number of ether oxygens (including phenoxy) is 1. The second kappa shape index (κ2) is 7.05. The van der Waals surface area contributed by atoms with Crippen molar-refractivity contribution in [3.63, 3.8) is 0 Å². The molecule has 6 heteroatoms. The minimum Gasteiger partial charge on any atom is -0.481 e. The number of carboxylic acids is 1. The minimum absolute atomic E-state index is 0.122. The number of carbonyl (C=O) groups is 3. The highest BCUT2D eigenvalue weighted by atomic mass is 32.2. The Balaban J connectivity index is 4.44. The smallest absolute Gasteiger partial charge is 0.342 e. The molecule has 0 amide bonds. The summed E-state index contributed by atoms with van der Waals surface area (Å²) >= 11 is 0.869. The predicted molar refractivity (Wildman–Crippen MR) is 55.5 cm³/mol. The van der Waals surface area contributed by atoms with E-state index in [1.165, 1.54) is 12.3 Å². The molecular formula is C9H12O5S. The maximum absolute atomic E-state index is 11.2. The van der Waals surface area contributed by atoms with Crippen LogP contribution in [0.3, 0.4) is 0 Å². The zero-order chi connectivity index (χ0) is 11.8. The van der Waals surface area contributed by atoms with Crippen LogP contribution in [0.5, 0.6) is 0 Å². The molecule has 0 aliphatic carbocycles. The fourth-order valence-electron chi connectivity index (χ4n) is 0.680. The van der Waals surface area contributed by atoms with Crippen LogP contribution in [-0.2, 0) is 19.1 Å². The molecule has 0 fully saturated rings. The molecule has 1 N–H and O–H groups in total. The standard InChI is InChI=1S/C9H12O5S/c1-3-14-9(13)7(6(2)10)4-15-5-8(11)12/h4H,3,5H2,1-2H3,(H,11,12). The molecule has 0 saturated carbocycles. The van der Waals surface area contributed by atoms with Crippen LogP contribution < -0.4 is 0 Å². The SMILES string of the molecule is CCOC(=O)C(=CSCC(=O)O)C(C)=O. The summed E-state index contributed by atoms with van der Waals surface area (Å²) in [4.78, 5) is 32.4. The first kappa shape index (κ1) is 13.7. The summed E-state index contributed by atoms with van der Waals surface area (Å²) in [7, 11) is 0. The lowest BCUT2D eigenvalue weighted by Gasteiger charge is -2.02. The number of thioether (sulfide) groups is 1. The number of hydrogen-bond donors (Lipinski definition) is 1. The van der Waals surface area contributed by atoms with E-state index in [1.54, 1.807) is 6.92 Å². The van der Waals surface area contributed by atoms with Crippen molar-refractivity contribution in [2.45, 2.75) is 13.8 Å². The molecular weight excluding hydrogens is 220 g/mol. The van der Waals surface area contributed by atoms with E-state index in [-0.39, 0.29) is 17.9 Å². The van der Waals surface area contributed by atoms with Crippen LogP contribution in [0.15, 0.2) is 11.0 Å². The van der Waals surface area contributed by atoms with Crippen molar-refractivity contribution in [3.8, 4) is 0 Å². The van der Waals surface area contributed by atoms with Gasteiger partial charge in [0.25, 0.3) is 0 Å². The molecule has 0 rings (SSSR count). The molecule has 0 aromatic rings. The first-order valence-corrected chi connectivity index (χ1v) is 5.25. The highest BCUT2D eigenvalue weighted by Crippen LogP contribution is 2.09. The summed E-state index contributed by atoms with van der Waals surface area (Å²) in [6.45, 7) is 3.02. The lowest BCUT2D eigenvalue weighted by molar-refractivity contribution is -0.140. The third-order valence-electron chi connectivity index (χ3n) is 1.28. The van der Waals surface area contributed by atoms with E-state index in [1.807, 2.05) is 0 Å². The summed E-state index contributed by atoms with van der Waals surface area (Å²) in [5.41, 5.74) is -0.122. The molecule has 0 aromatic heterocycles. The Bertz CT molecular complexity index is 295. The van der Waals surface area contributed by atoms with Gasteiger partial charge in [-0.1, -0.05) is 0 Å². The lowest BCUT2D eigenvalue weighted by atomic mass is 10.2. The van der Waals surface area contributed by atoms with Gasteiger partial charge < -0.3 is 9.84 Å². The molecule has 0 heterocycles. The van der Waals surface area contributed by atoms with Gasteiger partial charge in [-0.3, -0.25) is 9.59 Å². The average Bonchev–Trinajstić information content (AvgIpc) is 2.11. The van der Waals surface area contributed by atoms with Gasteiger partial charge in [0.15, 0.2) is 5.78 Å². The lowest BCUT2D eigenvalue weighted by Crippen LogP contribution is -2.13. The minimum atomic E-state index is -1.01. The highest BCUT2D eigenvalue weighted by Gasteiger charge is 2.15. The van der Waals surface area contributed by atoms with Crippen LogP contribution in [0.1, 0.15) is 13.8 Å². The molecule has 0 saturated heterocycles. The van der Waals surface area contributed by atoms with Crippen LogP contribution >= 0.6 is 11.8 Å². The number of Topliss-reactive ketones (excluding diaryl/α,β-unsaturated/α-hetero) is 1. The predicted octanol–water partition coefficient (Wildman–Crippen LogP) is 0.840. The molecule has 0 atom stereocenters. The molecule has 0 spiro atoms. The van der Waals surface area contributed by atoms with Crippen molar-refractivity contribution in [1.82, 2.24) is 0 Å². The quantitative estimate of drug-likeness (QED) is 0.316. The summed E-state index contributed by atoms with van der Waals surface area (Å²) in [5.74, 6) is -2.37. The maximum Gasteiger partial charge on any atom is 0.342 e. The Hall–Kier alpha value is -1.30. The molecule has 0 aliphatic rings. The number of hydrogen-bond acceptors (Lipinski definition) is 5. The number of aliphatic carboxylic acids is 1. The summed E-state index contributed by atoms with van der Waals surface area (Å²) < 4.78 is 4.63. The Morgan fingerprint density at radius 1 is 1.40 bits per heavy atom. The van der Waals surface area contributed by atoms with Crippen LogP contribution in [-0.4, -0.2) is 35.2 Å². The van der Waals surface area contributed by atoms with Crippen molar-refractivity contribution in [1.29, 1.82) is 0 Å². The van der Waals surface area contributed by atoms with Crippen LogP contribution in [0.2, 0.25) is 0 Å². The number of ketones is 1. The third-order valence-corrected chi connectivity index (χ3v) is 2.10. The fraction of sp³-hybridized carbons (Fsp3) is 0.444. The zero-order valence-electron chi connectivity index (χ0n) is 8.48. The molecule has 5 nitrogen and oxygen atoms in total. The van der Waals surface area contributed by atoms with E-state index in [4.69, 9.17) is 5.11 Å². The normalized spacial score (nSPS) is 10.9. The zero-order valence-corrected chi connectivity index (χ0v) is 9.30. The summed E-state index contributed by atoms with van der Waals surface area (Å²) in [5, 5.41) is 9.57. The molecule has 0 bridgehead atoms. The van der Waals surface area contributed by atoms with Crippen molar-refractivity contribution in [3.05, 3.63) is 11.0 Å². The van der Waals surface area contributed by atoms with E-state index >= 15 is 0 Å². The second-order valence-corrected chi connectivity index (χ2v) is 3.37. The van der Waals surface area contributed by atoms with Crippen LogP contribution in [0.25, 0.3) is 0 Å². The topological polar surface area (TPSA) is 80.7 Å². The Labute approximate surface area is 91.5 Å². The van der Waals surface area contributed by atoms with Crippen molar-refractivity contribution >= 4 is 29.5 Å². The molecule has 84 valence electrons.